The van der Waals surface area contributed by atoms with Gasteiger partial charge in [0.1, 0.15) is 5.52 Å². The molecule has 0 radical (unpaired) electrons. The summed E-state index contributed by atoms with van der Waals surface area (Å²) in [4.78, 5) is 32.0. The summed E-state index contributed by atoms with van der Waals surface area (Å²) in [6, 6.07) is 10.4. The fraction of sp³-hybridized carbons (Fsp3) is 0.458. The lowest BCUT2D eigenvalue weighted by atomic mass is 10.0. The third kappa shape index (κ3) is 5.62. The Labute approximate surface area is 191 Å². The van der Waals surface area contributed by atoms with E-state index in [0.29, 0.717) is 37.2 Å². The normalized spacial score (nSPS) is 16.7. The van der Waals surface area contributed by atoms with Crippen LogP contribution < -0.4 is 10.6 Å². The van der Waals surface area contributed by atoms with Crippen molar-refractivity contribution in [1.29, 1.82) is 0 Å². The minimum Gasteiger partial charge on any atom is -0.434 e. The molecule has 1 aromatic carbocycles. The molecule has 2 N–H and O–H groups in total. The molecule has 0 bridgehead atoms. The Hall–Kier alpha value is -2.55. The van der Waals surface area contributed by atoms with E-state index < -0.39 is 12.1 Å². The van der Waals surface area contributed by atoms with Crippen molar-refractivity contribution in [3.8, 4) is 0 Å². The largest absolute Gasteiger partial charge is 0.434 e. The summed E-state index contributed by atoms with van der Waals surface area (Å²) in [5.74, 6) is -0.428. The Balaban J connectivity index is 1.49. The molecule has 3 heterocycles. The molecular formula is C24H29N3O4S. The van der Waals surface area contributed by atoms with Crippen LogP contribution in [0.25, 0.3) is 11.1 Å². The zero-order chi connectivity index (χ0) is 22.3. The highest BCUT2D eigenvalue weighted by Gasteiger charge is 2.30. The van der Waals surface area contributed by atoms with Crippen LogP contribution in [0.5, 0.6) is 0 Å². The van der Waals surface area contributed by atoms with E-state index in [2.05, 4.69) is 15.6 Å². The first-order valence-electron chi connectivity index (χ1n) is 11.2. The molecule has 3 aromatic rings. The first-order chi connectivity index (χ1) is 15.6. The number of thiophene rings is 1. The number of aromatic nitrogens is 1. The van der Waals surface area contributed by atoms with Gasteiger partial charge in [-0.05, 0) is 42.8 Å². The van der Waals surface area contributed by atoms with Crippen molar-refractivity contribution in [2.75, 3.05) is 13.2 Å². The molecule has 1 aliphatic rings. The van der Waals surface area contributed by atoms with Gasteiger partial charge in [0.25, 0.3) is 5.89 Å². The molecule has 1 saturated heterocycles. The Kier molecular flexibility index (Phi) is 7.68. The average Bonchev–Trinajstić information content (AvgIpc) is 3.48. The summed E-state index contributed by atoms with van der Waals surface area (Å²) in [6.45, 7) is 3.38. The number of nitrogens with one attached hydrogen (secondary N) is 2. The van der Waals surface area contributed by atoms with Gasteiger partial charge in [-0.25, -0.2) is 4.98 Å². The Morgan fingerprint density at radius 2 is 1.97 bits per heavy atom. The van der Waals surface area contributed by atoms with Crippen molar-refractivity contribution in [3.63, 3.8) is 0 Å². The molecule has 4 rings (SSSR count). The number of ether oxygens (including phenoxy) is 1. The van der Waals surface area contributed by atoms with Crippen LogP contribution in [0.2, 0.25) is 0 Å². The number of para-hydroxylation sites is 2. The van der Waals surface area contributed by atoms with Gasteiger partial charge < -0.3 is 19.8 Å². The third-order valence-corrected chi connectivity index (χ3v) is 6.57. The van der Waals surface area contributed by atoms with Gasteiger partial charge in [0, 0.05) is 30.6 Å². The van der Waals surface area contributed by atoms with Gasteiger partial charge in [-0.3, -0.25) is 9.59 Å². The number of hydrogen-bond acceptors (Lipinski definition) is 7. The van der Waals surface area contributed by atoms with Crippen molar-refractivity contribution in [3.05, 3.63) is 52.5 Å². The second-order valence-corrected chi connectivity index (χ2v) is 9.12. The molecule has 2 atom stereocenters. The molecular weight excluding hydrogens is 426 g/mol. The summed E-state index contributed by atoms with van der Waals surface area (Å²) in [5, 5.41) is 8.50. The number of nitrogens with zero attached hydrogens (tertiary/aromatic N) is 1. The molecule has 0 unspecified atom stereocenters. The number of oxazole rings is 1. The maximum absolute atomic E-state index is 13.3. The second kappa shape index (κ2) is 10.8. The van der Waals surface area contributed by atoms with E-state index in [0.717, 1.165) is 24.1 Å². The number of Topliss-reactive ketones (excluding diaryl/α,β-unsaturated/α-hetero) is 1. The highest BCUT2D eigenvalue weighted by Crippen LogP contribution is 2.18. The van der Waals surface area contributed by atoms with E-state index in [9.17, 15) is 9.59 Å². The standard InChI is InChI=1S/C24H29N3O4S/c1-2-6-19(22(28)24-27-18-8-3-4-9-21(18)31-24)26-23(29)20(15-17-7-5-14-32-17)25-16-10-12-30-13-11-16/h3-5,7-9,14,16,19-20,25H,2,6,10-13,15H2,1H3,(H,26,29)/t19-,20-/m1/s1. The van der Waals surface area contributed by atoms with Crippen LogP contribution in [-0.2, 0) is 16.0 Å². The van der Waals surface area contributed by atoms with Crippen LogP contribution in [0.4, 0.5) is 0 Å². The number of carbonyl (C=O) groups excluding carboxylic acids is 2. The number of hydrogen-bond donors (Lipinski definition) is 2. The zero-order valence-corrected chi connectivity index (χ0v) is 19.0. The molecule has 7 nitrogen and oxygen atoms in total. The van der Waals surface area contributed by atoms with Crippen LogP contribution in [0.3, 0.4) is 0 Å². The smallest absolute Gasteiger partial charge is 0.266 e. The molecule has 8 heteroatoms. The SMILES string of the molecule is CCC[C@@H](NC(=O)[C@@H](Cc1cccs1)NC1CCOCC1)C(=O)c1nc2ccccc2o1. The van der Waals surface area contributed by atoms with E-state index in [1.165, 1.54) is 0 Å². The van der Waals surface area contributed by atoms with Crippen molar-refractivity contribution in [2.24, 2.45) is 0 Å². The molecule has 1 aliphatic heterocycles. The van der Waals surface area contributed by atoms with Crippen LogP contribution >= 0.6 is 11.3 Å². The zero-order valence-electron chi connectivity index (χ0n) is 18.2. The number of benzene rings is 1. The van der Waals surface area contributed by atoms with E-state index >= 15 is 0 Å². The van der Waals surface area contributed by atoms with Gasteiger partial charge in [-0.15, -0.1) is 11.3 Å². The maximum Gasteiger partial charge on any atom is 0.266 e. The highest BCUT2D eigenvalue weighted by molar-refractivity contribution is 7.09. The highest BCUT2D eigenvalue weighted by atomic mass is 32.1. The van der Waals surface area contributed by atoms with Gasteiger partial charge in [-0.2, -0.15) is 0 Å². The molecule has 2 aromatic heterocycles. The summed E-state index contributed by atoms with van der Waals surface area (Å²) in [6.07, 6.45) is 3.59. The van der Waals surface area contributed by atoms with Gasteiger partial charge in [0.15, 0.2) is 5.58 Å². The molecule has 1 fully saturated rings. The number of amides is 1. The van der Waals surface area contributed by atoms with Gasteiger partial charge in [0.05, 0.1) is 12.1 Å². The number of ketones is 1. The lowest BCUT2D eigenvalue weighted by molar-refractivity contribution is -0.124. The van der Waals surface area contributed by atoms with E-state index in [4.69, 9.17) is 9.15 Å². The van der Waals surface area contributed by atoms with Crippen LogP contribution in [-0.4, -0.2) is 48.0 Å². The molecule has 32 heavy (non-hydrogen) atoms. The first kappa shape index (κ1) is 22.6. The Morgan fingerprint density at radius 3 is 2.69 bits per heavy atom. The predicted molar refractivity (Wildman–Crippen MR) is 124 cm³/mol. The summed E-state index contributed by atoms with van der Waals surface area (Å²) in [5.41, 5.74) is 1.20. The summed E-state index contributed by atoms with van der Waals surface area (Å²) >= 11 is 1.63. The van der Waals surface area contributed by atoms with Crippen molar-refractivity contribution in [2.45, 2.75) is 57.2 Å². The minimum absolute atomic E-state index is 0.0390. The quantitative estimate of drug-likeness (QED) is 0.453. The van der Waals surface area contributed by atoms with E-state index in [1.807, 2.05) is 36.6 Å². The van der Waals surface area contributed by atoms with Crippen LogP contribution in [0.15, 0.2) is 46.2 Å². The second-order valence-electron chi connectivity index (χ2n) is 8.09. The minimum atomic E-state index is -0.678. The van der Waals surface area contributed by atoms with Crippen LogP contribution in [0.1, 0.15) is 48.2 Å². The molecule has 0 aliphatic carbocycles. The molecule has 0 saturated carbocycles. The monoisotopic (exact) mass is 455 g/mol. The third-order valence-electron chi connectivity index (χ3n) is 5.68. The topological polar surface area (TPSA) is 93.5 Å². The first-order valence-corrected chi connectivity index (χ1v) is 12.1. The fourth-order valence-electron chi connectivity index (χ4n) is 3.96. The molecule has 1 amide bonds. The number of carbonyl (C=O) groups is 2. The molecule has 170 valence electrons. The summed E-state index contributed by atoms with van der Waals surface area (Å²) in [7, 11) is 0. The van der Waals surface area contributed by atoms with Crippen LogP contribution in [0, 0.1) is 0 Å². The van der Waals surface area contributed by atoms with Gasteiger partial charge in [0.2, 0.25) is 11.7 Å². The van der Waals surface area contributed by atoms with E-state index in [-0.39, 0.29) is 23.6 Å². The lowest BCUT2D eigenvalue weighted by Gasteiger charge is -2.29. The predicted octanol–water partition coefficient (Wildman–Crippen LogP) is 3.74. The maximum atomic E-state index is 13.3. The number of rotatable bonds is 10. The van der Waals surface area contributed by atoms with Gasteiger partial charge >= 0.3 is 0 Å². The van der Waals surface area contributed by atoms with E-state index in [1.54, 1.807) is 23.5 Å². The van der Waals surface area contributed by atoms with Crippen molar-refractivity contribution < 1.29 is 18.7 Å². The Bertz CT molecular complexity index is 994. The number of fused-ring (bicyclic) bond motifs is 1. The Morgan fingerprint density at radius 1 is 1.16 bits per heavy atom. The average molecular weight is 456 g/mol. The lowest BCUT2D eigenvalue weighted by Crippen LogP contribution is -2.54. The summed E-state index contributed by atoms with van der Waals surface area (Å²) < 4.78 is 11.1. The van der Waals surface area contributed by atoms with Crippen molar-refractivity contribution >= 4 is 34.1 Å². The van der Waals surface area contributed by atoms with Gasteiger partial charge in [-0.1, -0.05) is 31.5 Å². The fourth-order valence-corrected chi connectivity index (χ4v) is 4.71. The molecule has 0 spiro atoms. The van der Waals surface area contributed by atoms with Crippen molar-refractivity contribution in [1.82, 2.24) is 15.6 Å².